The number of benzene rings is 3. The van der Waals surface area contributed by atoms with E-state index in [4.69, 9.17) is 0 Å². The fraction of sp³-hybridized carbons (Fsp3) is 0.0400. The van der Waals surface area contributed by atoms with Gasteiger partial charge in [0.25, 0.3) is 0 Å². The highest BCUT2D eigenvalue weighted by Crippen LogP contribution is 2.53. The van der Waals surface area contributed by atoms with E-state index in [1.807, 2.05) is 12.1 Å². The molecular formula is C25H8F3N3O. The topological polar surface area (TPSA) is 88.4 Å². The number of ketones is 1. The van der Waals surface area contributed by atoms with E-state index >= 15 is 0 Å². The number of fused-ring (bicyclic) bond motifs is 7. The van der Waals surface area contributed by atoms with Gasteiger partial charge in [-0.2, -0.15) is 29.0 Å². The second kappa shape index (κ2) is 6.41. The van der Waals surface area contributed by atoms with Gasteiger partial charge in [-0.15, -0.1) is 0 Å². The van der Waals surface area contributed by atoms with Crippen LogP contribution in [0.15, 0.2) is 54.1 Å². The van der Waals surface area contributed by atoms with Gasteiger partial charge in [0.2, 0.25) is 0 Å². The van der Waals surface area contributed by atoms with Crippen molar-refractivity contribution in [2.45, 2.75) is 6.18 Å². The van der Waals surface area contributed by atoms with Crippen LogP contribution in [0.5, 0.6) is 0 Å². The normalized spacial score (nSPS) is 14.4. The molecule has 0 amide bonds. The van der Waals surface area contributed by atoms with Crippen LogP contribution in [0, 0.1) is 34.0 Å². The first-order valence-electron chi connectivity index (χ1n) is 9.33. The molecule has 0 spiro atoms. The second-order valence-corrected chi connectivity index (χ2v) is 7.34. The fourth-order valence-electron chi connectivity index (χ4n) is 4.43. The Bertz CT molecular complexity index is 1560. The molecule has 2 aliphatic rings. The van der Waals surface area contributed by atoms with E-state index in [2.05, 4.69) is 0 Å². The average Bonchev–Trinajstić information content (AvgIpc) is 3.25. The molecule has 3 aromatic carbocycles. The maximum atomic E-state index is 13.7. The Balaban J connectivity index is 1.93. The van der Waals surface area contributed by atoms with Crippen molar-refractivity contribution in [3.05, 3.63) is 87.5 Å². The molecule has 0 atom stereocenters. The van der Waals surface area contributed by atoms with E-state index in [1.165, 1.54) is 42.5 Å². The minimum absolute atomic E-state index is 0.115. The van der Waals surface area contributed by atoms with Crippen LogP contribution in [-0.2, 0) is 0 Å². The molecule has 2 aliphatic carbocycles. The van der Waals surface area contributed by atoms with E-state index in [0.717, 1.165) is 0 Å². The lowest BCUT2D eigenvalue weighted by Gasteiger charge is -2.11. The Morgan fingerprint density at radius 2 is 1.25 bits per heavy atom. The molecule has 0 saturated heterocycles. The van der Waals surface area contributed by atoms with Crippen molar-refractivity contribution >= 4 is 11.4 Å². The van der Waals surface area contributed by atoms with Crippen LogP contribution >= 0.6 is 0 Å². The van der Waals surface area contributed by atoms with E-state index in [1.54, 1.807) is 12.1 Å². The van der Waals surface area contributed by atoms with Gasteiger partial charge in [-0.05, 0) is 58.1 Å². The first kappa shape index (κ1) is 19.3. The highest BCUT2D eigenvalue weighted by Gasteiger charge is 2.42. The van der Waals surface area contributed by atoms with Crippen molar-refractivity contribution in [3.63, 3.8) is 0 Å². The number of carbonyl (C=O) groups excluding carboxylic acids is 1. The van der Waals surface area contributed by atoms with Crippen molar-refractivity contribution in [2.24, 2.45) is 0 Å². The lowest BCUT2D eigenvalue weighted by molar-refractivity contribution is -0.0867. The molecule has 0 N–H and O–H groups in total. The van der Waals surface area contributed by atoms with E-state index < -0.39 is 11.7 Å². The van der Waals surface area contributed by atoms with Crippen LogP contribution in [0.3, 0.4) is 0 Å². The van der Waals surface area contributed by atoms with E-state index in [-0.39, 0.29) is 39.2 Å². The summed E-state index contributed by atoms with van der Waals surface area (Å²) < 4.78 is 41.2. The van der Waals surface area contributed by atoms with Gasteiger partial charge < -0.3 is 0 Å². The zero-order valence-electron chi connectivity index (χ0n) is 16.0. The summed E-state index contributed by atoms with van der Waals surface area (Å²) in [6.07, 6.45) is -4.90. The molecule has 5 rings (SSSR count). The molecule has 4 nitrogen and oxygen atoms in total. The van der Waals surface area contributed by atoms with Crippen molar-refractivity contribution in [1.29, 1.82) is 15.8 Å². The molecule has 0 aliphatic heterocycles. The summed E-state index contributed by atoms with van der Waals surface area (Å²) in [5, 5.41) is 27.9. The first-order chi connectivity index (χ1) is 15.3. The predicted molar refractivity (Wildman–Crippen MR) is 108 cm³/mol. The Kier molecular flexibility index (Phi) is 3.87. The van der Waals surface area contributed by atoms with Crippen molar-refractivity contribution < 1.29 is 18.0 Å². The van der Waals surface area contributed by atoms with Crippen LogP contribution in [-0.4, -0.2) is 12.0 Å². The smallest absolute Gasteiger partial charge is 0.289 e. The van der Waals surface area contributed by atoms with Gasteiger partial charge in [0.1, 0.15) is 11.6 Å². The van der Waals surface area contributed by atoms with Gasteiger partial charge in [0.15, 0.2) is 5.78 Å². The summed E-state index contributed by atoms with van der Waals surface area (Å²) in [4.78, 5) is 13.3. The van der Waals surface area contributed by atoms with E-state index in [9.17, 15) is 33.8 Å². The number of nitrogens with zero attached hydrogens (tertiary/aromatic N) is 3. The largest absolute Gasteiger partial charge is 0.426 e. The van der Waals surface area contributed by atoms with Crippen LogP contribution in [0.2, 0.25) is 0 Å². The summed E-state index contributed by atoms with van der Waals surface area (Å²) in [5.74, 6) is -0.378. The number of halogens is 3. The SMILES string of the molecule is N#C/C(=C1\c2ccc(C#N)cc2-c2c1ccc1c2C(=O)c2ccc(C#N)cc2-1)C(F)(F)F. The lowest BCUT2D eigenvalue weighted by atomic mass is 9.93. The van der Waals surface area contributed by atoms with Crippen LogP contribution < -0.4 is 0 Å². The Hall–Kier alpha value is -4.67. The molecule has 3 aromatic rings. The van der Waals surface area contributed by atoms with Gasteiger partial charge >= 0.3 is 6.18 Å². The zero-order chi connectivity index (χ0) is 22.8. The monoisotopic (exact) mass is 423 g/mol. The number of allylic oxidation sites excluding steroid dienone is 1. The first-order valence-corrected chi connectivity index (χ1v) is 9.33. The summed E-state index contributed by atoms with van der Waals surface area (Å²) in [6, 6.07) is 17.0. The summed E-state index contributed by atoms with van der Waals surface area (Å²) in [7, 11) is 0. The third-order valence-corrected chi connectivity index (χ3v) is 5.72. The van der Waals surface area contributed by atoms with Gasteiger partial charge in [-0.25, -0.2) is 0 Å². The highest BCUT2D eigenvalue weighted by molar-refractivity contribution is 6.27. The molecule has 7 heteroatoms. The van der Waals surface area contributed by atoms with Gasteiger partial charge in [0.05, 0.1) is 23.3 Å². The van der Waals surface area contributed by atoms with Crippen LogP contribution in [0.4, 0.5) is 13.2 Å². The minimum Gasteiger partial charge on any atom is -0.289 e. The number of rotatable bonds is 0. The van der Waals surface area contributed by atoms with Crippen LogP contribution in [0.1, 0.15) is 38.2 Å². The van der Waals surface area contributed by atoms with Crippen molar-refractivity contribution in [1.82, 2.24) is 0 Å². The predicted octanol–water partition coefficient (Wildman–Crippen LogP) is 5.51. The number of nitriles is 3. The van der Waals surface area contributed by atoms with Crippen molar-refractivity contribution in [3.8, 4) is 40.5 Å². The lowest BCUT2D eigenvalue weighted by Crippen LogP contribution is -2.12. The molecule has 150 valence electrons. The van der Waals surface area contributed by atoms with Gasteiger partial charge in [-0.1, -0.05) is 18.2 Å². The van der Waals surface area contributed by atoms with Gasteiger partial charge in [0, 0.05) is 22.3 Å². The van der Waals surface area contributed by atoms with Crippen LogP contribution in [0.25, 0.3) is 27.8 Å². The number of hydrogen-bond acceptors (Lipinski definition) is 4. The molecule has 0 fully saturated rings. The molecular weight excluding hydrogens is 415 g/mol. The molecule has 0 bridgehead atoms. The Labute approximate surface area is 179 Å². The molecule has 0 heterocycles. The number of carbonyl (C=O) groups is 1. The molecule has 0 unspecified atom stereocenters. The standard InChI is InChI=1S/C25H8F3N3O/c26-25(27,28)20(11-31)21-15-3-1-13(10-30)8-19(15)22-17(21)6-5-14-18-7-12(9-29)2-4-16(18)24(32)23(14)22/h1-8H/b21-20-. The van der Waals surface area contributed by atoms with Gasteiger partial charge in [-0.3, -0.25) is 4.79 Å². The quantitative estimate of drug-likeness (QED) is 0.307. The summed E-state index contributed by atoms with van der Waals surface area (Å²) in [6.45, 7) is 0. The fourth-order valence-corrected chi connectivity index (χ4v) is 4.43. The third-order valence-electron chi connectivity index (χ3n) is 5.72. The second-order valence-electron chi connectivity index (χ2n) is 7.34. The molecule has 32 heavy (non-hydrogen) atoms. The molecule has 0 saturated carbocycles. The number of alkyl halides is 3. The third kappa shape index (κ3) is 2.44. The van der Waals surface area contributed by atoms with Crippen molar-refractivity contribution in [2.75, 3.05) is 0 Å². The highest BCUT2D eigenvalue weighted by atomic mass is 19.4. The summed E-state index contributed by atoms with van der Waals surface area (Å²) >= 11 is 0. The maximum Gasteiger partial charge on any atom is 0.426 e. The average molecular weight is 423 g/mol. The van der Waals surface area contributed by atoms with E-state index in [0.29, 0.717) is 27.8 Å². The Morgan fingerprint density at radius 1 is 0.688 bits per heavy atom. The minimum atomic E-state index is -4.90. The Morgan fingerprint density at radius 3 is 1.84 bits per heavy atom. The zero-order valence-corrected chi connectivity index (χ0v) is 16.0. The maximum absolute atomic E-state index is 13.7. The molecule has 0 radical (unpaired) electrons. The number of hydrogen-bond donors (Lipinski definition) is 0. The summed E-state index contributed by atoms with van der Waals surface area (Å²) in [5.41, 5.74) is 1.29. The molecule has 0 aromatic heterocycles.